The monoisotopic (exact) mass is 413 g/mol. The quantitative estimate of drug-likeness (QED) is 0.791. The van der Waals surface area contributed by atoms with Gasteiger partial charge in [0.2, 0.25) is 11.8 Å². The fourth-order valence-corrected chi connectivity index (χ4v) is 5.00. The number of Topliss-reactive ketones (excluding diaryl/α,β-unsaturated/α-hetero) is 1. The summed E-state index contributed by atoms with van der Waals surface area (Å²) in [4.78, 5) is 40.5. The maximum atomic E-state index is 12.7. The summed E-state index contributed by atoms with van der Waals surface area (Å²) in [7, 11) is 0. The summed E-state index contributed by atoms with van der Waals surface area (Å²) < 4.78 is 5.43. The van der Waals surface area contributed by atoms with Crippen LogP contribution in [0.3, 0.4) is 0 Å². The van der Waals surface area contributed by atoms with E-state index >= 15 is 0 Å². The van der Waals surface area contributed by atoms with Gasteiger partial charge in [0.25, 0.3) is 0 Å². The van der Waals surface area contributed by atoms with Gasteiger partial charge in [0.1, 0.15) is 0 Å². The maximum absolute atomic E-state index is 12.7. The van der Waals surface area contributed by atoms with Crippen molar-refractivity contribution in [3.05, 3.63) is 29.3 Å². The number of aryl methyl sites for hydroxylation is 1. The van der Waals surface area contributed by atoms with Gasteiger partial charge in [0.15, 0.2) is 5.78 Å². The van der Waals surface area contributed by atoms with Crippen LogP contribution < -0.4 is 10.6 Å². The van der Waals surface area contributed by atoms with Gasteiger partial charge in [-0.25, -0.2) is 0 Å². The molecule has 3 aliphatic rings. The topological polar surface area (TPSA) is 87.7 Å². The van der Waals surface area contributed by atoms with E-state index in [0.29, 0.717) is 17.3 Å². The Bertz CT molecular complexity index is 811. The van der Waals surface area contributed by atoms with Crippen LogP contribution in [0.15, 0.2) is 18.2 Å². The number of hydrogen-bond donors (Lipinski definition) is 2. The smallest absolute Gasteiger partial charge is 0.228 e. The second-order valence-electron chi connectivity index (χ2n) is 8.74. The Morgan fingerprint density at radius 2 is 1.90 bits per heavy atom. The number of fused-ring (bicyclic) bond motifs is 1. The molecule has 30 heavy (non-hydrogen) atoms. The minimum atomic E-state index is -0.631. The highest BCUT2D eigenvalue weighted by atomic mass is 16.5. The molecule has 1 atom stereocenters. The van der Waals surface area contributed by atoms with Crippen LogP contribution in [-0.2, 0) is 14.3 Å². The first-order valence-corrected chi connectivity index (χ1v) is 11.1. The van der Waals surface area contributed by atoms with Crippen LogP contribution in [0.4, 0.5) is 5.69 Å². The van der Waals surface area contributed by atoms with Crippen molar-refractivity contribution in [2.45, 2.75) is 57.5 Å². The first-order valence-electron chi connectivity index (χ1n) is 11.1. The highest BCUT2D eigenvalue weighted by molar-refractivity contribution is 6.11. The van der Waals surface area contributed by atoms with Gasteiger partial charge < -0.3 is 15.4 Å². The molecule has 1 saturated carbocycles. The number of carbonyl (C=O) groups is 3. The zero-order chi connectivity index (χ0) is 21.1. The van der Waals surface area contributed by atoms with Gasteiger partial charge in [-0.15, -0.1) is 0 Å². The van der Waals surface area contributed by atoms with Crippen molar-refractivity contribution in [2.75, 3.05) is 31.6 Å². The number of nitrogens with zero attached hydrogens (tertiary/aromatic N) is 1. The van der Waals surface area contributed by atoms with Gasteiger partial charge >= 0.3 is 0 Å². The van der Waals surface area contributed by atoms with Crippen LogP contribution in [0, 0.1) is 12.8 Å². The molecule has 2 heterocycles. The highest BCUT2D eigenvalue weighted by Gasteiger charge is 2.32. The molecule has 1 aliphatic carbocycles. The molecule has 1 aromatic rings. The highest BCUT2D eigenvalue weighted by Crippen LogP contribution is 2.29. The van der Waals surface area contributed by atoms with E-state index in [1.54, 1.807) is 6.07 Å². The molecule has 0 unspecified atom stereocenters. The molecule has 2 aliphatic heterocycles. The van der Waals surface area contributed by atoms with Crippen LogP contribution in [0.1, 0.15) is 54.4 Å². The lowest BCUT2D eigenvalue weighted by Crippen LogP contribution is -2.48. The van der Waals surface area contributed by atoms with E-state index in [1.807, 2.05) is 19.1 Å². The third-order valence-corrected chi connectivity index (χ3v) is 6.67. The summed E-state index contributed by atoms with van der Waals surface area (Å²) in [5.41, 5.74) is 1.96. The molecule has 0 spiro atoms. The number of anilines is 1. The van der Waals surface area contributed by atoms with Gasteiger partial charge in [-0.1, -0.05) is 12.1 Å². The second kappa shape index (κ2) is 9.27. The van der Waals surface area contributed by atoms with E-state index in [-0.39, 0.29) is 36.5 Å². The largest absolute Gasteiger partial charge is 0.379 e. The van der Waals surface area contributed by atoms with Crippen molar-refractivity contribution in [3.8, 4) is 0 Å². The molecule has 4 rings (SSSR count). The average Bonchev–Trinajstić information content (AvgIpc) is 2.85. The number of morpholine rings is 1. The average molecular weight is 414 g/mol. The zero-order valence-corrected chi connectivity index (χ0v) is 17.6. The lowest BCUT2D eigenvalue weighted by Gasteiger charge is -2.38. The number of hydrogen-bond acceptors (Lipinski definition) is 5. The number of benzene rings is 1. The van der Waals surface area contributed by atoms with Crippen LogP contribution in [0.5, 0.6) is 0 Å². The minimum Gasteiger partial charge on any atom is -0.379 e. The predicted octanol–water partition coefficient (Wildman–Crippen LogP) is 2.29. The molecule has 2 N–H and O–H groups in total. The Kier molecular flexibility index (Phi) is 6.49. The van der Waals surface area contributed by atoms with Crippen molar-refractivity contribution in [3.63, 3.8) is 0 Å². The Balaban J connectivity index is 1.29. The van der Waals surface area contributed by atoms with Crippen molar-refractivity contribution in [1.29, 1.82) is 0 Å². The first-order chi connectivity index (χ1) is 14.5. The summed E-state index contributed by atoms with van der Waals surface area (Å²) in [5.74, 6) is -1.10. The summed E-state index contributed by atoms with van der Waals surface area (Å²) >= 11 is 0. The zero-order valence-electron chi connectivity index (χ0n) is 17.6. The van der Waals surface area contributed by atoms with Crippen molar-refractivity contribution >= 4 is 23.3 Å². The molecule has 1 saturated heterocycles. The molecule has 7 heteroatoms. The fraction of sp³-hybridized carbons (Fsp3) is 0.609. The first kappa shape index (κ1) is 21.0. The van der Waals surface area contributed by atoms with Crippen molar-refractivity contribution in [2.24, 2.45) is 5.92 Å². The minimum absolute atomic E-state index is 0.0496. The number of rotatable bonds is 4. The molecule has 0 bridgehead atoms. The van der Waals surface area contributed by atoms with E-state index in [0.717, 1.165) is 57.6 Å². The molecule has 7 nitrogen and oxygen atoms in total. The van der Waals surface area contributed by atoms with Gasteiger partial charge in [0, 0.05) is 43.6 Å². The fourth-order valence-electron chi connectivity index (χ4n) is 5.00. The lowest BCUT2D eigenvalue weighted by molar-refractivity contribution is -0.128. The summed E-state index contributed by atoms with van der Waals surface area (Å²) in [6, 6.07) is 6.16. The van der Waals surface area contributed by atoms with Gasteiger partial charge in [-0.2, -0.15) is 0 Å². The van der Waals surface area contributed by atoms with Gasteiger partial charge in [-0.05, 0) is 44.2 Å². The molecule has 2 fully saturated rings. The Morgan fingerprint density at radius 3 is 2.63 bits per heavy atom. The van der Waals surface area contributed by atoms with Gasteiger partial charge in [0.05, 0.1) is 24.8 Å². The molecule has 0 radical (unpaired) electrons. The number of ether oxygens (including phenoxy) is 1. The number of amides is 2. The standard InChI is InChI=1S/C23H31N3O4/c1-15-3-2-4-19-22(15)20(27)13-16(23(29)25-19)14-21(28)24-17-5-7-18(8-6-17)26-9-11-30-12-10-26/h2-4,16-18H,5-14H2,1H3,(H,24,28)(H,25,29)/t16-,17?,18?/m0/s1. The number of nitrogens with one attached hydrogen (secondary N) is 2. The number of ketones is 1. The third kappa shape index (κ3) is 4.73. The second-order valence-corrected chi connectivity index (χ2v) is 8.74. The van der Waals surface area contributed by atoms with Crippen LogP contribution >= 0.6 is 0 Å². The summed E-state index contributed by atoms with van der Waals surface area (Å²) in [6.45, 7) is 5.47. The molecule has 1 aromatic carbocycles. The summed E-state index contributed by atoms with van der Waals surface area (Å²) in [5, 5.41) is 5.94. The molecule has 2 amide bonds. The van der Waals surface area contributed by atoms with E-state index in [1.165, 1.54) is 0 Å². The van der Waals surface area contributed by atoms with E-state index < -0.39 is 5.92 Å². The maximum Gasteiger partial charge on any atom is 0.228 e. The van der Waals surface area contributed by atoms with Crippen molar-refractivity contribution in [1.82, 2.24) is 10.2 Å². The number of carbonyl (C=O) groups excluding carboxylic acids is 3. The third-order valence-electron chi connectivity index (χ3n) is 6.67. The van der Waals surface area contributed by atoms with Crippen LogP contribution in [0.2, 0.25) is 0 Å². The van der Waals surface area contributed by atoms with E-state index in [4.69, 9.17) is 4.74 Å². The molecule has 0 aromatic heterocycles. The van der Waals surface area contributed by atoms with Crippen molar-refractivity contribution < 1.29 is 19.1 Å². The predicted molar refractivity (Wildman–Crippen MR) is 113 cm³/mol. The van der Waals surface area contributed by atoms with Gasteiger partial charge in [-0.3, -0.25) is 19.3 Å². The molecular formula is C23H31N3O4. The SMILES string of the molecule is Cc1cccc2c1C(=O)C[C@@H](CC(=O)NC1CCC(N3CCOCC3)CC1)C(=O)N2. The van der Waals surface area contributed by atoms with Crippen LogP contribution in [0.25, 0.3) is 0 Å². The normalized spacial score (nSPS) is 27.7. The molecule has 162 valence electrons. The van der Waals surface area contributed by atoms with Crippen LogP contribution in [-0.4, -0.2) is 60.9 Å². The molecular weight excluding hydrogens is 382 g/mol. The Morgan fingerprint density at radius 1 is 1.17 bits per heavy atom. The lowest BCUT2D eigenvalue weighted by atomic mass is 9.89. The summed E-state index contributed by atoms with van der Waals surface area (Å²) in [6.07, 6.45) is 4.17. The van der Waals surface area contributed by atoms with E-state index in [9.17, 15) is 14.4 Å². The van der Waals surface area contributed by atoms with E-state index in [2.05, 4.69) is 15.5 Å². The Hall–Kier alpha value is -2.25. The Labute approximate surface area is 177 Å².